The van der Waals surface area contributed by atoms with Crippen LogP contribution in [0.15, 0.2) is 0 Å². The van der Waals surface area contributed by atoms with E-state index in [9.17, 15) is 8.78 Å². The second kappa shape index (κ2) is 4.11. The maximum Gasteiger partial charge on any atom is 0.266 e. The van der Waals surface area contributed by atoms with Crippen molar-refractivity contribution in [3.63, 3.8) is 0 Å². The van der Waals surface area contributed by atoms with Gasteiger partial charge in [0.25, 0.3) is 6.43 Å². The molecular formula is C7H12F2O3. The van der Waals surface area contributed by atoms with Gasteiger partial charge >= 0.3 is 0 Å². The zero-order valence-corrected chi connectivity index (χ0v) is 6.74. The van der Waals surface area contributed by atoms with Crippen LogP contribution in [0.2, 0.25) is 0 Å². The first-order valence-electron chi connectivity index (χ1n) is 3.79. The van der Waals surface area contributed by atoms with E-state index in [1.54, 1.807) is 0 Å². The van der Waals surface area contributed by atoms with Crippen molar-refractivity contribution in [1.82, 2.24) is 0 Å². The average Bonchev–Trinajstić information content (AvgIpc) is 2.50. The van der Waals surface area contributed by atoms with E-state index in [0.29, 0.717) is 12.8 Å². The molecule has 0 saturated carbocycles. The minimum atomic E-state index is -2.74. The van der Waals surface area contributed by atoms with Gasteiger partial charge < -0.3 is 14.6 Å². The molecule has 1 saturated heterocycles. The summed E-state index contributed by atoms with van der Waals surface area (Å²) >= 11 is 0. The van der Waals surface area contributed by atoms with E-state index in [4.69, 9.17) is 14.6 Å². The van der Waals surface area contributed by atoms with Gasteiger partial charge in [-0.05, 0) is 6.42 Å². The summed E-state index contributed by atoms with van der Waals surface area (Å²) in [6.45, 7) is 0. The van der Waals surface area contributed by atoms with Crippen LogP contribution >= 0.6 is 0 Å². The molecule has 1 N–H and O–H groups in total. The molecule has 1 rings (SSSR count). The van der Waals surface area contributed by atoms with Gasteiger partial charge in [-0.3, -0.25) is 0 Å². The lowest BCUT2D eigenvalue weighted by Crippen LogP contribution is -2.32. The van der Waals surface area contributed by atoms with Crippen LogP contribution in [0, 0.1) is 0 Å². The topological polar surface area (TPSA) is 38.7 Å². The minimum absolute atomic E-state index is 0.421. The lowest BCUT2D eigenvalue weighted by Gasteiger charge is -2.17. The molecule has 1 fully saturated rings. The predicted octanol–water partition coefficient (Wildman–Crippen LogP) is 0.764. The van der Waals surface area contributed by atoms with E-state index in [-0.39, 0.29) is 0 Å². The van der Waals surface area contributed by atoms with Crippen LogP contribution in [0.5, 0.6) is 0 Å². The summed E-state index contributed by atoms with van der Waals surface area (Å²) in [6.07, 6.45) is -4.68. The van der Waals surface area contributed by atoms with E-state index < -0.39 is 24.9 Å². The number of alkyl halides is 2. The summed E-state index contributed by atoms with van der Waals surface area (Å²) in [5, 5.41) is 8.91. The molecule has 0 radical (unpaired) electrons. The molecule has 1 heterocycles. The summed E-state index contributed by atoms with van der Waals surface area (Å²) in [5.74, 6) is 0. The highest BCUT2D eigenvalue weighted by Gasteiger charge is 2.35. The Morgan fingerprint density at radius 3 is 2.58 bits per heavy atom. The molecule has 1 aliphatic rings. The Morgan fingerprint density at radius 2 is 2.17 bits per heavy atom. The highest BCUT2D eigenvalue weighted by molar-refractivity contribution is 4.77. The van der Waals surface area contributed by atoms with Crippen LogP contribution < -0.4 is 0 Å². The number of ether oxygens (including phenoxy) is 2. The fourth-order valence-electron chi connectivity index (χ4n) is 1.22. The van der Waals surface area contributed by atoms with Crippen LogP contribution in [-0.4, -0.2) is 37.1 Å². The molecule has 0 aliphatic carbocycles. The fourth-order valence-corrected chi connectivity index (χ4v) is 1.22. The maximum absolute atomic E-state index is 11.9. The van der Waals surface area contributed by atoms with Crippen LogP contribution in [0.1, 0.15) is 12.8 Å². The van der Waals surface area contributed by atoms with Crippen molar-refractivity contribution in [2.24, 2.45) is 0 Å². The first kappa shape index (κ1) is 9.83. The van der Waals surface area contributed by atoms with Crippen molar-refractivity contribution in [3.05, 3.63) is 0 Å². The zero-order chi connectivity index (χ0) is 9.14. The van der Waals surface area contributed by atoms with Gasteiger partial charge in [-0.1, -0.05) is 0 Å². The first-order valence-corrected chi connectivity index (χ1v) is 3.79. The minimum Gasteiger partial charge on any atom is -0.384 e. The molecule has 72 valence electrons. The van der Waals surface area contributed by atoms with Gasteiger partial charge in [-0.2, -0.15) is 0 Å². The number of methoxy groups -OCH3 is 1. The standard InChI is InChI=1S/C7H12F2O3/c1-11-5-3-2-4(12-5)6(10)7(8)9/h4-7,10H,2-3H2,1H3/t4-,5+,6-/m0/s1. The number of rotatable bonds is 3. The lowest BCUT2D eigenvalue weighted by molar-refractivity contribution is -0.159. The van der Waals surface area contributed by atoms with E-state index in [1.807, 2.05) is 0 Å². The molecule has 0 aromatic rings. The summed E-state index contributed by atoms with van der Waals surface area (Å²) in [7, 11) is 1.45. The van der Waals surface area contributed by atoms with E-state index in [0.717, 1.165) is 0 Å². The molecule has 0 aromatic carbocycles. The third-order valence-corrected chi connectivity index (χ3v) is 1.92. The fraction of sp³-hybridized carbons (Fsp3) is 1.00. The molecule has 12 heavy (non-hydrogen) atoms. The number of hydrogen-bond donors (Lipinski definition) is 1. The lowest BCUT2D eigenvalue weighted by atomic mass is 10.1. The third-order valence-electron chi connectivity index (χ3n) is 1.92. The SMILES string of the molecule is CO[C@H]1CC[C@@H]([C@H](O)C(F)F)O1. The van der Waals surface area contributed by atoms with Crippen LogP contribution in [0.4, 0.5) is 8.78 Å². The molecule has 0 spiro atoms. The third kappa shape index (κ3) is 2.12. The van der Waals surface area contributed by atoms with Crippen LogP contribution in [0.3, 0.4) is 0 Å². The van der Waals surface area contributed by atoms with Gasteiger partial charge in [0.05, 0.1) is 6.10 Å². The molecule has 0 bridgehead atoms. The smallest absolute Gasteiger partial charge is 0.266 e. The summed E-state index contributed by atoms with van der Waals surface area (Å²) in [6, 6.07) is 0. The molecule has 3 atom stereocenters. The quantitative estimate of drug-likeness (QED) is 0.700. The van der Waals surface area contributed by atoms with Crippen molar-refractivity contribution in [2.75, 3.05) is 7.11 Å². The van der Waals surface area contributed by atoms with Crippen molar-refractivity contribution in [3.8, 4) is 0 Å². The van der Waals surface area contributed by atoms with Gasteiger partial charge in [0.1, 0.15) is 6.10 Å². The van der Waals surface area contributed by atoms with Gasteiger partial charge in [0.2, 0.25) is 0 Å². The second-order valence-corrected chi connectivity index (χ2v) is 2.74. The highest BCUT2D eigenvalue weighted by Crippen LogP contribution is 2.24. The Hall–Kier alpha value is -0.260. The van der Waals surface area contributed by atoms with Crippen molar-refractivity contribution >= 4 is 0 Å². The first-order chi connectivity index (χ1) is 5.65. The van der Waals surface area contributed by atoms with E-state index >= 15 is 0 Å². The molecule has 0 amide bonds. The van der Waals surface area contributed by atoms with Crippen molar-refractivity contribution in [1.29, 1.82) is 0 Å². The van der Waals surface area contributed by atoms with Gasteiger partial charge in [0, 0.05) is 13.5 Å². The van der Waals surface area contributed by atoms with Gasteiger partial charge in [-0.15, -0.1) is 0 Å². The van der Waals surface area contributed by atoms with Gasteiger partial charge in [0.15, 0.2) is 6.29 Å². The zero-order valence-electron chi connectivity index (χ0n) is 6.74. The highest BCUT2D eigenvalue weighted by atomic mass is 19.3. The van der Waals surface area contributed by atoms with Crippen molar-refractivity contribution in [2.45, 2.75) is 37.8 Å². The largest absolute Gasteiger partial charge is 0.384 e. The Balaban J connectivity index is 2.35. The molecule has 0 aromatic heterocycles. The Labute approximate surface area is 69.3 Å². The number of hydrogen-bond acceptors (Lipinski definition) is 3. The van der Waals surface area contributed by atoms with Gasteiger partial charge in [-0.25, -0.2) is 8.78 Å². The summed E-state index contributed by atoms with van der Waals surface area (Å²) in [5.41, 5.74) is 0. The monoisotopic (exact) mass is 182 g/mol. The van der Waals surface area contributed by atoms with Crippen molar-refractivity contribution < 1.29 is 23.4 Å². The predicted molar refractivity (Wildman–Crippen MR) is 36.9 cm³/mol. The molecule has 1 aliphatic heterocycles. The van der Waals surface area contributed by atoms with Crippen LogP contribution in [0.25, 0.3) is 0 Å². The molecule has 3 nitrogen and oxygen atoms in total. The molecule has 5 heteroatoms. The van der Waals surface area contributed by atoms with E-state index in [1.165, 1.54) is 7.11 Å². The Morgan fingerprint density at radius 1 is 1.50 bits per heavy atom. The summed E-state index contributed by atoms with van der Waals surface area (Å²) in [4.78, 5) is 0. The van der Waals surface area contributed by atoms with Crippen LogP contribution in [-0.2, 0) is 9.47 Å². The summed E-state index contributed by atoms with van der Waals surface area (Å²) < 4.78 is 33.7. The molecular weight excluding hydrogens is 170 g/mol. The number of halogens is 2. The number of aliphatic hydroxyl groups excluding tert-OH is 1. The Bertz CT molecular complexity index is 143. The van der Waals surface area contributed by atoms with E-state index in [2.05, 4.69) is 0 Å². The maximum atomic E-state index is 11.9. The number of aliphatic hydroxyl groups is 1. The normalized spacial score (nSPS) is 32.8. The Kier molecular flexibility index (Phi) is 3.37. The second-order valence-electron chi connectivity index (χ2n) is 2.74. The average molecular weight is 182 g/mol. The molecule has 0 unspecified atom stereocenters.